The van der Waals surface area contributed by atoms with Gasteiger partial charge in [0.25, 0.3) is 5.91 Å². The predicted octanol–water partition coefficient (Wildman–Crippen LogP) is 7.98. The molecule has 0 aliphatic carbocycles. The lowest BCUT2D eigenvalue weighted by Gasteiger charge is -2.31. The van der Waals surface area contributed by atoms with Crippen LogP contribution in [0.5, 0.6) is 0 Å². The summed E-state index contributed by atoms with van der Waals surface area (Å²) in [7, 11) is 0. The predicted molar refractivity (Wildman–Crippen MR) is 161 cm³/mol. The SMILES string of the molecule is CCOC(=O)C[C@H]1O[C@H](c2ccc(-c3ccccc3)c3ccccc23)c2cc(Cl)ccc2N(CC(C)(C)C)C1=O. The van der Waals surface area contributed by atoms with E-state index in [0.29, 0.717) is 11.6 Å². The summed E-state index contributed by atoms with van der Waals surface area (Å²) in [5.74, 6) is -0.733. The molecule has 1 aliphatic rings. The van der Waals surface area contributed by atoms with Crippen LogP contribution in [0.4, 0.5) is 5.69 Å². The second-order valence-electron chi connectivity index (χ2n) is 11.3. The highest BCUT2D eigenvalue weighted by molar-refractivity contribution is 6.30. The van der Waals surface area contributed by atoms with E-state index in [-0.39, 0.29) is 24.3 Å². The molecule has 0 spiro atoms. The number of ether oxygens (including phenoxy) is 2. The number of halogens is 1. The molecule has 1 aliphatic heterocycles. The van der Waals surface area contributed by atoms with Crippen molar-refractivity contribution in [2.45, 2.75) is 46.3 Å². The second kappa shape index (κ2) is 11.4. The first-order valence-corrected chi connectivity index (χ1v) is 14.0. The van der Waals surface area contributed by atoms with E-state index in [1.807, 2.05) is 42.5 Å². The highest BCUT2D eigenvalue weighted by Crippen LogP contribution is 2.44. The molecule has 1 amide bonds. The first-order valence-electron chi connectivity index (χ1n) is 13.7. The van der Waals surface area contributed by atoms with Crippen molar-refractivity contribution in [3.05, 3.63) is 101 Å². The number of nitrogens with zero attached hydrogens (tertiary/aromatic N) is 1. The van der Waals surface area contributed by atoms with Crippen LogP contribution in [0.15, 0.2) is 84.9 Å². The van der Waals surface area contributed by atoms with Gasteiger partial charge in [-0.05, 0) is 58.0 Å². The zero-order valence-electron chi connectivity index (χ0n) is 23.3. The summed E-state index contributed by atoms with van der Waals surface area (Å²) in [4.78, 5) is 28.4. The fraction of sp³-hybridized carbons (Fsp3) is 0.294. The molecule has 40 heavy (non-hydrogen) atoms. The zero-order valence-corrected chi connectivity index (χ0v) is 24.1. The number of benzene rings is 4. The van der Waals surface area contributed by atoms with Gasteiger partial charge in [0.15, 0.2) is 0 Å². The highest BCUT2D eigenvalue weighted by atomic mass is 35.5. The van der Waals surface area contributed by atoms with Gasteiger partial charge in [-0.3, -0.25) is 9.59 Å². The van der Waals surface area contributed by atoms with Gasteiger partial charge in [-0.2, -0.15) is 0 Å². The second-order valence-corrected chi connectivity index (χ2v) is 11.8. The number of hydrogen-bond donors (Lipinski definition) is 0. The van der Waals surface area contributed by atoms with Crippen LogP contribution in [0, 0.1) is 5.41 Å². The molecular formula is C34H34ClNO4. The third-order valence-electron chi connectivity index (χ3n) is 7.02. The van der Waals surface area contributed by atoms with E-state index in [1.54, 1.807) is 17.9 Å². The molecule has 4 aromatic carbocycles. The molecule has 0 bridgehead atoms. The van der Waals surface area contributed by atoms with Crippen LogP contribution in [-0.2, 0) is 19.1 Å². The Morgan fingerprint density at radius 3 is 2.33 bits per heavy atom. The molecule has 1 heterocycles. The Kier molecular flexibility index (Phi) is 7.97. The summed E-state index contributed by atoms with van der Waals surface area (Å²) < 4.78 is 11.9. The molecular weight excluding hydrogens is 522 g/mol. The van der Waals surface area contributed by atoms with Crippen molar-refractivity contribution in [2.24, 2.45) is 5.41 Å². The van der Waals surface area contributed by atoms with Crippen molar-refractivity contribution in [3.8, 4) is 11.1 Å². The minimum Gasteiger partial charge on any atom is -0.466 e. The largest absolute Gasteiger partial charge is 0.466 e. The van der Waals surface area contributed by atoms with Gasteiger partial charge in [0, 0.05) is 22.8 Å². The molecule has 0 unspecified atom stereocenters. The molecule has 2 atom stereocenters. The first-order chi connectivity index (χ1) is 19.2. The average molecular weight is 556 g/mol. The Hall–Kier alpha value is -3.67. The molecule has 0 radical (unpaired) electrons. The number of rotatable bonds is 6. The molecule has 6 heteroatoms. The molecule has 0 N–H and O–H groups in total. The van der Waals surface area contributed by atoms with E-state index in [2.05, 4.69) is 57.2 Å². The van der Waals surface area contributed by atoms with Crippen LogP contribution >= 0.6 is 11.6 Å². The van der Waals surface area contributed by atoms with Crippen LogP contribution in [0.1, 0.15) is 51.3 Å². The summed E-state index contributed by atoms with van der Waals surface area (Å²) >= 11 is 6.55. The summed E-state index contributed by atoms with van der Waals surface area (Å²) in [5.41, 5.74) is 4.44. The third kappa shape index (κ3) is 5.77. The Labute approximate surface area is 240 Å². The van der Waals surface area contributed by atoms with Crippen molar-refractivity contribution >= 4 is 39.9 Å². The van der Waals surface area contributed by atoms with Crippen LogP contribution in [0.2, 0.25) is 5.02 Å². The fourth-order valence-corrected chi connectivity index (χ4v) is 5.56. The van der Waals surface area contributed by atoms with Crippen LogP contribution in [0.25, 0.3) is 21.9 Å². The smallest absolute Gasteiger partial charge is 0.308 e. The Morgan fingerprint density at radius 2 is 1.62 bits per heavy atom. The van der Waals surface area contributed by atoms with Gasteiger partial charge in [-0.1, -0.05) is 99.1 Å². The molecule has 0 saturated heterocycles. The van der Waals surface area contributed by atoms with Gasteiger partial charge in [0.1, 0.15) is 12.2 Å². The van der Waals surface area contributed by atoms with Crippen LogP contribution in [0.3, 0.4) is 0 Å². The summed E-state index contributed by atoms with van der Waals surface area (Å²) in [6.45, 7) is 8.67. The topological polar surface area (TPSA) is 55.8 Å². The van der Waals surface area contributed by atoms with Crippen molar-refractivity contribution in [1.82, 2.24) is 0 Å². The monoisotopic (exact) mass is 555 g/mol. The quantitative estimate of drug-likeness (QED) is 0.226. The Bertz CT molecular complexity index is 1540. The molecule has 206 valence electrons. The molecule has 0 aromatic heterocycles. The minimum atomic E-state index is -1.02. The van der Waals surface area contributed by atoms with Crippen molar-refractivity contribution < 1.29 is 19.1 Å². The number of hydrogen-bond acceptors (Lipinski definition) is 4. The molecule has 4 aromatic rings. The number of carbonyl (C=O) groups excluding carboxylic acids is 2. The van der Waals surface area contributed by atoms with E-state index in [9.17, 15) is 9.59 Å². The van der Waals surface area contributed by atoms with Gasteiger partial charge in [-0.25, -0.2) is 0 Å². The number of carbonyl (C=O) groups is 2. The van der Waals surface area contributed by atoms with Gasteiger partial charge in [0.2, 0.25) is 0 Å². The maximum Gasteiger partial charge on any atom is 0.308 e. The molecule has 0 saturated carbocycles. The number of anilines is 1. The van der Waals surface area contributed by atoms with Gasteiger partial charge in [0.05, 0.1) is 13.0 Å². The molecule has 5 rings (SSSR count). The van der Waals surface area contributed by atoms with E-state index in [0.717, 1.165) is 38.7 Å². The summed E-state index contributed by atoms with van der Waals surface area (Å²) in [6, 6.07) is 28.2. The van der Waals surface area contributed by atoms with Crippen molar-refractivity contribution in [1.29, 1.82) is 0 Å². The lowest BCUT2D eigenvalue weighted by Crippen LogP contribution is -2.44. The van der Waals surface area contributed by atoms with Crippen molar-refractivity contribution in [2.75, 3.05) is 18.1 Å². The lowest BCUT2D eigenvalue weighted by molar-refractivity contribution is -0.151. The zero-order chi connectivity index (χ0) is 28.4. The van der Waals surface area contributed by atoms with Crippen LogP contribution < -0.4 is 4.90 Å². The number of fused-ring (bicyclic) bond motifs is 2. The van der Waals surface area contributed by atoms with Gasteiger partial charge in [-0.15, -0.1) is 0 Å². The minimum absolute atomic E-state index is 0.175. The average Bonchev–Trinajstić information content (AvgIpc) is 3.03. The fourth-order valence-electron chi connectivity index (χ4n) is 5.37. The number of esters is 1. The Balaban J connectivity index is 1.72. The third-order valence-corrected chi connectivity index (χ3v) is 7.25. The van der Waals surface area contributed by atoms with Crippen LogP contribution in [-0.4, -0.2) is 31.1 Å². The van der Waals surface area contributed by atoms with Crippen molar-refractivity contribution in [3.63, 3.8) is 0 Å². The van der Waals surface area contributed by atoms with E-state index in [4.69, 9.17) is 21.1 Å². The standard InChI is InChI=1S/C34H34ClNO4/c1-5-39-31(37)20-30-33(38)36(21-34(2,3)4)29-18-15-23(35)19-28(29)32(40-30)27-17-16-24(22-11-7-6-8-12-22)25-13-9-10-14-26(25)27/h6-19,30,32H,5,20-21H2,1-4H3/t30-,32-/m1/s1. The normalized spacial score (nSPS) is 17.4. The molecule has 0 fully saturated rings. The summed E-state index contributed by atoms with van der Waals surface area (Å²) in [5, 5.41) is 2.62. The number of amides is 1. The van der Waals surface area contributed by atoms with Gasteiger partial charge >= 0.3 is 5.97 Å². The van der Waals surface area contributed by atoms with E-state index < -0.39 is 18.2 Å². The maximum atomic E-state index is 14.1. The lowest BCUT2D eigenvalue weighted by atomic mass is 9.90. The van der Waals surface area contributed by atoms with E-state index >= 15 is 0 Å². The summed E-state index contributed by atoms with van der Waals surface area (Å²) in [6.07, 6.45) is -1.84. The van der Waals surface area contributed by atoms with E-state index in [1.165, 1.54) is 0 Å². The highest BCUT2D eigenvalue weighted by Gasteiger charge is 2.39. The first kappa shape index (κ1) is 27.9. The molecule has 5 nitrogen and oxygen atoms in total. The van der Waals surface area contributed by atoms with Gasteiger partial charge < -0.3 is 14.4 Å². The maximum absolute atomic E-state index is 14.1. The Morgan fingerprint density at radius 1 is 0.925 bits per heavy atom.